The van der Waals surface area contributed by atoms with Gasteiger partial charge < -0.3 is 15.8 Å². The molecule has 2 aromatic carbocycles. The molecule has 5 nitrogen and oxygen atoms in total. The average Bonchev–Trinajstić information content (AvgIpc) is 2.53. The summed E-state index contributed by atoms with van der Waals surface area (Å²) < 4.78 is 7.89. The first-order chi connectivity index (χ1) is 11.5. The van der Waals surface area contributed by atoms with Crippen molar-refractivity contribution in [1.29, 1.82) is 0 Å². The van der Waals surface area contributed by atoms with E-state index in [0.717, 1.165) is 10.2 Å². The molecule has 0 spiro atoms. The molecular weight excluding hydrogens is 483 g/mol. The van der Waals surface area contributed by atoms with Crippen LogP contribution in [-0.4, -0.2) is 9.97 Å². The van der Waals surface area contributed by atoms with Crippen molar-refractivity contribution in [2.75, 3.05) is 11.1 Å². The van der Waals surface area contributed by atoms with Crippen LogP contribution >= 0.6 is 38.5 Å². The van der Waals surface area contributed by atoms with Gasteiger partial charge in [0, 0.05) is 19.8 Å². The first-order valence-corrected chi connectivity index (χ1v) is 8.98. The number of hydrogen-bond donors (Lipinski definition) is 2. The van der Waals surface area contributed by atoms with Gasteiger partial charge in [-0.05, 0) is 71.5 Å². The standard InChI is InChI=1S/C17H14BrIN4O/c1-10-2-5-12(8-14(10)19)21-15-9-16(23-17(20)22-15)24-13-6-3-11(18)4-7-13/h2-9H,1H3,(H3,20,21,22,23). The Labute approximate surface area is 161 Å². The van der Waals surface area contributed by atoms with Gasteiger partial charge in [0.2, 0.25) is 11.8 Å². The molecule has 1 heterocycles. The van der Waals surface area contributed by atoms with Crippen LogP contribution in [0.4, 0.5) is 17.5 Å². The van der Waals surface area contributed by atoms with E-state index in [1.165, 1.54) is 9.13 Å². The molecule has 0 saturated carbocycles. The van der Waals surface area contributed by atoms with E-state index < -0.39 is 0 Å². The average molecular weight is 497 g/mol. The predicted octanol–water partition coefficient (Wildman–Crippen LogP) is 5.27. The van der Waals surface area contributed by atoms with Gasteiger partial charge in [-0.1, -0.05) is 22.0 Å². The molecule has 0 bridgehead atoms. The lowest BCUT2D eigenvalue weighted by Crippen LogP contribution is -2.02. The molecule has 3 rings (SSSR count). The molecular formula is C17H14BrIN4O. The maximum atomic E-state index is 5.79. The van der Waals surface area contributed by atoms with Gasteiger partial charge in [0.1, 0.15) is 11.6 Å². The Balaban J connectivity index is 1.82. The molecule has 0 aliphatic carbocycles. The van der Waals surface area contributed by atoms with Gasteiger partial charge in [-0.2, -0.15) is 9.97 Å². The molecule has 0 radical (unpaired) electrons. The van der Waals surface area contributed by atoms with Gasteiger partial charge >= 0.3 is 0 Å². The zero-order valence-electron chi connectivity index (χ0n) is 12.8. The minimum atomic E-state index is 0.147. The molecule has 24 heavy (non-hydrogen) atoms. The highest BCUT2D eigenvalue weighted by molar-refractivity contribution is 14.1. The Morgan fingerprint density at radius 2 is 1.83 bits per heavy atom. The number of ether oxygens (including phenoxy) is 1. The number of benzene rings is 2. The summed E-state index contributed by atoms with van der Waals surface area (Å²) >= 11 is 5.69. The second-order valence-corrected chi connectivity index (χ2v) is 7.17. The maximum Gasteiger partial charge on any atom is 0.226 e. The summed E-state index contributed by atoms with van der Waals surface area (Å²) in [6.07, 6.45) is 0. The lowest BCUT2D eigenvalue weighted by Gasteiger charge is -2.10. The topological polar surface area (TPSA) is 73.1 Å². The van der Waals surface area contributed by atoms with Crippen LogP contribution < -0.4 is 15.8 Å². The molecule has 1 aromatic heterocycles. The normalized spacial score (nSPS) is 10.5. The quantitative estimate of drug-likeness (QED) is 0.481. The fourth-order valence-electron chi connectivity index (χ4n) is 2.00. The van der Waals surface area contributed by atoms with E-state index in [4.69, 9.17) is 10.5 Å². The van der Waals surface area contributed by atoms with Gasteiger partial charge in [-0.15, -0.1) is 0 Å². The lowest BCUT2D eigenvalue weighted by atomic mass is 10.2. The summed E-state index contributed by atoms with van der Waals surface area (Å²) in [6.45, 7) is 2.07. The van der Waals surface area contributed by atoms with Crippen LogP contribution in [0.1, 0.15) is 5.56 Å². The fraction of sp³-hybridized carbons (Fsp3) is 0.0588. The van der Waals surface area contributed by atoms with Crippen molar-refractivity contribution in [2.45, 2.75) is 6.92 Å². The van der Waals surface area contributed by atoms with Crippen LogP contribution in [0.25, 0.3) is 0 Å². The van der Waals surface area contributed by atoms with Crippen LogP contribution in [0.15, 0.2) is 53.0 Å². The number of anilines is 3. The number of rotatable bonds is 4. The second-order valence-electron chi connectivity index (χ2n) is 5.09. The van der Waals surface area contributed by atoms with Gasteiger partial charge in [0.05, 0.1) is 0 Å². The molecule has 7 heteroatoms. The van der Waals surface area contributed by atoms with Crippen molar-refractivity contribution in [3.8, 4) is 11.6 Å². The molecule has 3 N–H and O–H groups in total. The van der Waals surface area contributed by atoms with E-state index in [-0.39, 0.29) is 5.95 Å². The summed E-state index contributed by atoms with van der Waals surface area (Å²) in [5, 5.41) is 3.22. The van der Waals surface area contributed by atoms with Crippen LogP contribution in [0.2, 0.25) is 0 Å². The molecule has 122 valence electrons. The molecule has 0 aliphatic heterocycles. The van der Waals surface area contributed by atoms with E-state index in [1.807, 2.05) is 42.5 Å². The molecule has 3 aromatic rings. The van der Waals surface area contributed by atoms with Crippen LogP contribution in [0.5, 0.6) is 11.6 Å². The molecule has 0 unspecified atom stereocenters. The van der Waals surface area contributed by atoms with E-state index in [2.05, 4.69) is 60.7 Å². The highest BCUT2D eigenvalue weighted by Crippen LogP contribution is 2.26. The Hall–Kier alpha value is -1.87. The smallest absolute Gasteiger partial charge is 0.226 e. The summed E-state index contributed by atoms with van der Waals surface area (Å²) in [6, 6.07) is 15.3. The number of nitrogens with zero attached hydrogens (tertiary/aromatic N) is 2. The van der Waals surface area contributed by atoms with Gasteiger partial charge in [-0.3, -0.25) is 0 Å². The Bertz CT molecular complexity index is 871. The Morgan fingerprint density at radius 3 is 2.54 bits per heavy atom. The second kappa shape index (κ2) is 7.35. The minimum Gasteiger partial charge on any atom is -0.439 e. The lowest BCUT2D eigenvalue weighted by molar-refractivity contribution is 0.463. The molecule has 0 amide bonds. The summed E-state index contributed by atoms with van der Waals surface area (Å²) in [5.74, 6) is 1.78. The third kappa shape index (κ3) is 4.35. The largest absolute Gasteiger partial charge is 0.439 e. The SMILES string of the molecule is Cc1ccc(Nc2cc(Oc3ccc(Br)cc3)nc(N)n2)cc1I. The molecule has 0 saturated heterocycles. The minimum absolute atomic E-state index is 0.147. The van der Waals surface area contributed by atoms with Crippen molar-refractivity contribution in [3.05, 3.63) is 62.1 Å². The number of hydrogen-bond acceptors (Lipinski definition) is 5. The van der Waals surface area contributed by atoms with Crippen molar-refractivity contribution in [3.63, 3.8) is 0 Å². The zero-order chi connectivity index (χ0) is 17.1. The van der Waals surface area contributed by atoms with Crippen molar-refractivity contribution >= 4 is 56.0 Å². The maximum absolute atomic E-state index is 5.79. The first kappa shape index (κ1) is 17.0. The van der Waals surface area contributed by atoms with Crippen LogP contribution in [-0.2, 0) is 0 Å². The molecule has 0 atom stereocenters. The monoisotopic (exact) mass is 496 g/mol. The van der Waals surface area contributed by atoms with Crippen molar-refractivity contribution in [1.82, 2.24) is 9.97 Å². The first-order valence-electron chi connectivity index (χ1n) is 7.11. The Morgan fingerprint density at radius 1 is 1.08 bits per heavy atom. The third-order valence-corrected chi connectivity index (χ3v) is 4.89. The highest BCUT2D eigenvalue weighted by atomic mass is 127. The number of nitrogens with one attached hydrogen (secondary N) is 1. The summed E-state index contributed by atoms with van der Waals surface area (Å²) in [4.78, 5) is 8.32. The van der Waals surface area contributed by atoms with Crippen LogP contribution in [0, 0.1) is 10.5 Å². The third-order valence-electron chi connectivity index (χ3n) is 3.20. The van der Waals surface area contributed by atoms with Crippen molar-refractivity contribution < 1.29 is 4.74 Å². The number of aromatic nitrogens is 2. The summed E-state index contributed by atoms with van der Waals surface area (Å²) in [7, 11) is 0. The van der Waals surface area contributed by atoms with E-state index in [0.29, 0.717) is 17.4 Å². The predicted molar refractivity (Wildman–Crippen MR) is 108 cm³/mol. The number of aryl methyl sites for hydroxylation is 1. The number of nitrogens with two attached hydrogens (primary N) is 1. The van der Waals surface area contributed by atoms with Crippen molar-refractivity contribution in [2.24, 2.45) is 0 Å². The Kier molecular flexibility index (Phi) is 5.20. The molecule has 0 fully saturated rings. The molecule has 0 aliphatic rings. The number of halogens is 2. The highest BCUT2D eigenvalue weighted by Gasteiger charge is 2.06. The van der Waals surface area contributed by atoms with E-state index >= 15 is 0 Å². The van der Waals surface area contributed by atoms with E-state index in [9.17, 15) is 0 Å². The number of nitrogen functional groups attached to an aromatic ring is 1. The van der Waals surface area contributed by atoms with E-state index in [1.54, 1.807) is 6.07 Å². The summed E-state index contributed by atoms with van der Waals surface area (Å²) in [5.41, 5.74) is 7.95. The fourth-order valence-corrected chi connectivity index (χ4v) is 2.78. The zero-order valence-corrected chi connectivity index (χ0v) is 16.5. The van der Waals surface area contributed by atoms with Gasteiger partial charge in [0.15, 0.2) is 0 Å². The van der Waals surface area contributed by atoms with Crippen LogP contribution in [0.3, 0.4) is 0 Å². The van der Waals surface area contributed by atoms with Gasteiger partial charge in [-0.25, -0.2) is 0 Å². The van der Waals surface area contributed by atoms with Gasteiger partial charge in [0.25, 0.3) is 0 Å².